The van der Waals surface area contributed by atoms with Crippen molar-refractivity contribution in [3.05, 3.63) is 0 Å². The fourth-order valence-corrected chi connectivity index (χ4v) is 3.51. The number of hydrogen-bond donors (Lipinski definition) is 1. The third-order valence-corrected chi connectivity index (χ3v) is 4.97. The van der Waals surface area contributed by atoms with Crippen LogP contribution in [-0.2, 0) is 4.79 Å². The van der Waals surface area contributed by atoms with Gasteiger partial charge in [-0.2, -0.15) is 0 Å². The van der Waals surface area contributed by atoms with Crippen LogP contribution in [0.4, 0.5) is 0 Å². The van der Waals surface area contributed by atoms with Gasteiger partial charge in [0, 0.05) is 32.6 Å². The second-order valence-electron chi connectivity index (χ2n) is 6.47. The van der Waals surface area contributed by atoms with Crippen molar-refractivity contribution in [3.8, 4) is 0 Å². The molecule has 0 bridgehead atoms. The molecule has 2 heterocycles. The molecule has 2 fully saturated rings. The molecule has 4 nitrogen and oxygen atoms in total. The lowest BCUT2D eigenvalue weighted by atomic mass is 10.00. The molecule has 0 saturated carbocycles. The Morgan fingerprint density at radius 1 is 1.30 bits per heavy atom. The van der Waals surface area contributed by atoms with Crippen molar-refractivity contribution in [2.45, 2.75) is 51.5 Å². The largest absolute Gasteiger partial charge is 0.343 e. The molecule has 1 atom stereocenters. The summed E-state index contributed by atoms with van der Waals surface area (Å²) in [6.45, 7) is 7.99. The Morgan fingerprint density at radius 3 is 2.65 bits per heavy atom. The maximum Gasteiger partial charge on any atom is 0.222 e. The molecule has 0 spiro atoms. The fraction of sp³-hybridized carbons (Fsp3) is 0.938. The molecule has 1 amide bonds. The standard InChI is InChI=1S/C16H31N3O/c1-3-10-19-11-7-15(8-12-19)18(2)16(20)5-4-14-6-9-17-13-14/h14-15,17H,3-13H2,1-2H3. The second kappa shape index (κ2) is 7.99. The number of piperidine rings is 1. The van der Waals surface area contributed by atoms with Gasteiger partial charge in [-0.1, -0.05) is 6.92 Å². The summed E-state index contributed by atoms with van der Waals surface area (Å²) in [6, 6.07) is 0.470. The molecule has 1 N–H and O–H groups in total. The third kappa shape index (κ3) is 4.45. The van der Waals surface area contributed by atoms with E-state index in [0.29, 0.717) is 11.9 Å². The third-order valence-electron chi connectivity index (χ3n) is 4.97. The van der Waals surface area contributed by atoms with Gasteiger partial charge in [-0.15, -0.1) is 0 Å². The van der Waals surface area contributed by atoms with E-state index in [1.807, 2.05) is 11.9 Å². The zero-order valence-corrected chi connectivity index (χ0v) is 13.2. The summed E-state index contributed by atoms with van der Waals surface area (Å²) >= 11 is 0. The van der Waals surface area contributed by atoms with Gasteiger partial charge in [0.15, 0.2) is 0 Å². The molecular weight excluding hydrogens is 250 g/mol. The van der Waals surface area contributed by atoms with Crippen molar-refractivity contribution < 1.29 is 4.79 Å². The van der Waals surface area contributed by atoms with Crippen LogP contribution in [0.25, 0.3) is 0 Å². The van der Waals surface area contributed by atoms with Gasteiger partial charge in [-0.25, -0.2) is 0 Å². The Balaban J connectivity index is 1.67. The van der Waals surface area contributed by atoms with Crippen LogP contribution in [0.3, 0.4) is 0 Å². The normalized spacial score (nSPS) is 25.0. The quantitative estimate of drug-likeness (QED) is 0.805. The van der Waals surface area contributed by atoms with E-state index in [1.54, 1.807) is 0 Å². The van der Waals surface area contributed by atoms with Gasteiger partial charge in [-0.05, 0) is 57.7 Å². The maximum atomic E-state index is 12.3. The highest BCUT2D eigenvalue weighted by Crippen LogP contribution is 2.19. The van der Waals surface area contributed by atoms with Crippen molar-refractivity contribution in [3.63, 3.8) is 0 Å². The zero-order chi connectivity index (χ0) is 14.4. The average molecular weight is 281 g/mol. The molecule has 4 heteroatoms. The Morgan fingerprint density at radius 2 is 2.05 bits per heavy atom. The van der Waals surface area contributed by atoms with Crippen LogP contribution in [0.5, 0.6) is 0 Å². The Hall–Kier alpha value is -0.610. The van der Waals surface area contributed by atoms with Crippen LogP contribution in [0.2, 0.25) is 0 Å². The van der Waals surface area contributed by atoms with E-state index in [0.717, 1.165) is 57.8 Å². The van der Waals surface area contributed by atoms with Crippen LogP contribution in [-0.4, -0.2) is 61.5 Å². The van der Waals surface area contributed by atoms with Gasteiger partial charge in [0.2, 0.25) is 5.91 Å². The molecule has 2 aliphatic rings. The summed E-state index contributed by atoms with van der Waals surface area (Å²) in [5.74, 6) is 1.07. The van der Waals surface area contributed by atoms with Gasteiger partial charge in [0.25, 0.3) is 0 Å². The summed E-state index contributed by atoms with van der Waals surface area (Å²) in [4.78, 5) is 16.9. The Kier molecular flexibility index (Phi) is 6.30. The van der Waals surface area contributed by atoms with Crippen LogP contribution in [0.15, 0.2) is 0 Å². The molecule has 0 aromatic heterocycles. The minimum atomic E-state index is 0.353. The average Bonchev–Trinajstić information content (AvgIpc) is 2.98. The molecule has 2 saturated heterocycles. The van der Waals surface area contributed by atoms with E-state index in [2.05, 4.69) is 17.1 Å². The molecule has 2 aliphatic heterocycles. The van der Waals surface area contributed by atoms with E-state index >= 15 is 0 Å². The number of carbonyl (C=O) groups excluding carboxylic acids is 1. The van der Waals surface area contributed by atoms with E-state index in [4.69, 9.17) is 0 Å². The van der Waals surface area contributed by atoms with E-state index in [-0.39, 0.29) is 0 Å². The molecule has 0 radical (unpaired) electrons. The summed E-state index contributed by atoms with van der Waals surface area (Å²) < 4.78 is 0. The zero-order valence-electron chi connectivity index (χ0n) is 13.2. The highest BCUT2D eigenvalue weighted by molar-refractivity contribution is 5.76. The van der Waals surface area contributed by atoms with Gasteiger partial charge < -0.3 is 15.1 Å². The van der Waals surface area contributed by atoms with Crippen LogP contribution in [0.1, 0.15) is 45.4 Å². The Bertz CT molecular complexity index is 294. The molecule has 0 aliphatic carbocycles. The lowest BCUT2D eigenvalue weighted by Gasteiger charge is -2.36. The highest BCUT2D eigenvalue weighted by Gasteiger charge is 2.25. The predicted molar refractivity (Wildman–Crippen MR) is 82.7 cm³/mol. The van der Waals surface area contributed by atoms with Gasteiger partial charge in [0.1, 0.15) is 0 Å². The first-order valence-electron chi connectivity index (χ1n) is 8.39. The number of amides is 1. The number of likely N-dealkylation sites (tertiary alicyclic amines) is 1. The topological polar surface area (TPSA) is 35.6 Å². The minimum absolute atomic E-state index is 0.353. The van der Waals surface area contributed by atoms with Crippen LogP contribution in [0, 0.1) is 5.92 Å². The number of hydrogen-bond acceptors (Lipinski definition) is 3. The fourth-order valence-electron chi connectivity index (χ4n) is 3.51. The summed E-state index contributed by atoms with van der Waals surface area (Å²) in [5, 5.41) is 3.38. The lowest BCUT2D eigenvalue weighted by Crippen LogP contribution is -2.45. The molecule has 0 aromatic rings. The summed E-state index contributed by atoms with van der Waals surface area (Å²) in [7, 11) is 2.01. The first kappa shape index (κ1) is 15.8. The van der Waals surface area contributed by atoms with Gasteiger partial charge in [-0.3, -0.25) is 4.79 Å². The van der Waals surface area contributed by atoms with Gasteiger partial charge >= 0.3 is 0 Å². The summed E-state index contributed by atoms with van der Waals surface area (Å²) in [6.07, 6.45) is 6.56. The highest BCUT2D eigenvalue weighted by atomic mass is 16.2. The molecule has 2 rings (SSSR count). The van der Waals surface area contributed by atoms with E-state index in [1.165, 1.54) is 19.4 Å². The number of carbonyl (C=O) groups is 1. The first-order valence-corrected chi connectivity index (χ1v) is 8.39. The van der Waals surface area contributed by atoms with Crippen LogP contribution >= 0.6 is 0 Å². The molecule has 0 aromatic carbocycles. The maximum absolute atomic E-state index is 12.3. The van der Waals surface area contributed by atoms with Crippen molar-refractivity contribution in [1.29, 1.82) is 0 Å². The Labute approximate surface area is 123 Å². The lowest BCUT2D eigenvalue weighted by molar-refractivity contribution is -0.133. The second-order valence-corrected chi connectivity index (χ2v) is 6.47. The van der Waals surface area contributed by atoms with E-state index < -0.39 is 0 Å². The van der Waals surface area contributed by atoms with Crippen molar-refractivity contribution >= 4 is 5.91 Å². The first-order chi connectivity index (χ1) is 9.70. The van der Waals surface area contributed by atoms with Crippen molar-refractivity contribution in [1.82, 2.24) is 15.1 Å². The number of nitrogens with zero attached hydrogens (tertiary/aromatic N) is 2. The molecule has 1 unspecified atom stereocenters. The molecule has 116 valence electrons. The van der Waals surface area contributed by atoms with Crippen molar-refractivity contribution in [2.24, 2.45) is 5.92 Å². The summed E-state index contributed by atoms with van der Waals surface area (Å²) in [5.41, 5.74) is 0. The predicted octanol–water partition coefficient (Wildman–Crippen LogP) is 1.71. The monoisotopic (exact) mass is 281 g/mol. The van der Waals surface area contributed by atoms with Crippen molar-refractivity contribution in [2.75, 3.05) is 39.8 Å². The number of rotatable bonds is 6. The molecular formula is C16H31N3O. The SMILES string of the molecule is CCCN1CCC(N(C)C(=O)CCC2CCNC2)CC1. The minimum Gasteiger partial charge on any atom is -0.343 e. The number of nitrogens with one attached hydrogen (secondary N) is 1. The van der Waals surface area contributed by atoms with Crippen LogP contribution < -0.4 is 5.32 Å². The molecule has 20 heavy (non-hydrogen) atoms. The van der Waals surface area contributed by atoms with Gasteiger partial charge in [0.05, 0.1) is 0 Å². The smallest absolute Gasteiger partial charge is 0.222 e. The van der Waals surface area contributed by atoms with E-state index in [9.17, 15) is 4.79 Å².